The molecule has 0 fully saturated rings. The van der Waals surface area contributed by atoms with E-state index in [1.807, 2.05) is 54.6 Å². The van der Waals surface area contributed by atoms with Crippen molar-refractivity contribution >= 4 is 16.8 Å². The Balaban J connectivity index is 1.75. The summed E-state index contributed by atoms with van der Waals surface area (Å²) in [6.45, 7) is -0.00655. The summed E-state index contributed by atoms with van der Waals surface area (Å²) in [5.41, 5.74) is 5.26. The molecule has 116 valence electrons. The molecule has 1 atom stereocenters. The number of nitrogens with zero attached hydrogens (tertiary/aromatic N) is 2. The maximum atomic E-state index is 8.61. The number of hydrogen-bond acceptors (Lipinski definition) is 6. The number of benzene rings is 2. The summed E-state index contributed by atoms with van der Waals surface area (Å²) >= 11 is 1.65. The normalized spacial score (nSPS) is 16.2. The fourth-order valence-electron chi connectivity index (χ4n) is 2.21. The number of nitriles is 1. The molecule has 0 bridgehead atoms. The van der Waals surface area contributed by atoms with Gasteiger partial charge in [0, 0.05) is 5.56 Å². The van der Waals surface area contributed by atoms with Crippen molar-refractivity contribution in [3.63, 3.8) is 0 Å². The summed E-state index contributed by atoms with van der Waals surface area (Å²) in [5, 5.41) is 14.0. The minimum Gasteiger partial charge on any atom is -0.493 e. The Labute approximate surface area is 138 Å². The minimum absolute atomic E-state index is 0.00655. The fraction of sp³-hybridized carbons (Fsp3) is 0.176. The second kappa shape index (κ2) is 7.07. The van der Waals surface area contributed by atoms with Gasteiger partial charge in [0.15, 0.2) is 18.1 Å². The van der Waals surface area contributed by atoms with Gasteiger partial charge in [0.05, 0.1) is 7.11 Å². The highest BCUT2D eigenvalue weighted by atomic mass is 32.2. The van der Waals surface area contributed by atoms with Gasteiger partial charge >= 0.3 is 0 Å². The van der Waals surface area contributed by atoms with Gasteiger partial charge in [0.25, 0.3) is 0 Å². The van der Waals surface area contributed by atoms with Crippen LogP contribution in [0.2, 0.25) is 0 Å². The molecule has 6 heteroatoms. The molecule has 0 unspecified atom stereocenters. The first-order valence-corrected chi connectivity index (χ1v) is 7.93. The molecule has 0 aliphatic carbocycles. The third kappa shape index (κ3) is 3.41. The van der Waals surface area contributed by atoms with Crippen molar-refractivity contribution in [1.29, 1.82) is 5.26 Å². The maximum Gasteiger partial charge on any atom is 0.174 e. The molecule has 2 aromatic carbocycles. The number of ether oxygens (including phenoxy) is 2. The number of nitrogens with one attached hydrogen (secondary N) is 1. The van der Waals surface area contributed by atoms with Crippen LogP contribution in [-0.2, 0) is 0 Å². The van der Waals surface area contributed by atoms with E-state index in [0.29, 0.717) is 11.5 Å². The molecule has 0 saturated carbocycles. The van der Waals surface area contributed by atoms with Crippen molar-refractivity contribution in [2.75, 3.05) is 13.7 Å². The van der Waals surface area contributed by atoms with Crippen LogP contribution in [0.5, 0.6) is 11.5 Å². The zero-order valence-electron chi connectivity index (χ0n) is 12.5. The first-order chi connectivity index (χ1) is 11.3. The Morgan fingerprint density at radius 3 is 2.78 bits per heavy atom. The predicted octanol–water partition coefficient (Wildman–Crippen LogP) is 3.29. The summed E-state index contributed by atoms with van der Waals surface area (Å²) < 4.78 is 10.7. The minimum atomic E-state index is -0.00655. The Morgan fingerprint density at radius 2 is 2.04 bits per heavy atom. The topological polar surface area (TPSA) is 66.6 Å². The van der Waals surface area contributed by atoms with Gasteiger partial charge in [0.2, 0.25) is 0 Å². The Hall–Kier alpha value is -2.65. The van der Waals surface area contributed by atoms with Crippen molar-refractivity contribution in [3.05, 3.63) is 59.7 Å². The molecule has 1 aliphatic heterocycles. The first-order valence-electron chi connectivity index (χ1n) is 7.05. The van der Waals surface area contributed by atoms with Crippen LogP contribution < -0.4 is 14.9 Å². The van der Waals surface area contributed by atoms with Crippen LogP contribution in [0.25, 0.3) is 0 Å². The van der Waals surface area contributed by atoms with Crippen molar-refractivity contribution in [1.82, 2.24) is 5.43 Å². The van der Waals surface area contributed by atoms with Gasteiger partial charge in [0.1, 0.15) is 16.5 Å². The van der Waals surface area contributed by atoms with Crippen molar-refractivity contribution < 1.29 is 9.47 Å². The molecule has 3 rings (SSSR count). The lowest BCUT2D eigenvalue weighted by molar-refractivity contribution is 0.329. The van der Waals surface area contributed by atoms with E-state index in [0.717, 1.165) is 16.2 Å². The van der Waals surface area contributed by atoms with Crippen LogP contribution in [0.4, 0.5) is 0 Å². The number of methoxy groups -OCH3 is 1. The second-order valence-corrected chi connectivity index (χ2v) is 5.86. The average molecular weight is 325 g/mol. The molecule has 0 aromatic heterocycles. The van der Waals surface area contributed by atoms with Gasteiger partial charge in [-0.1, -0.05) is 48.2 Å². The van der Waals surface area contributed by atoms with Gasteiger partial charge in [-0.05, 0) is 17.7 Å². The quantitative estimate of drug-likeness (QED) is 0.913. The molecule has 1 heterocycles. The Kier molecular flexibility index (Phi) is 4.69. The van der Waals surface area contributed by atoms with Crippen molar-refractivity contribution in [3.8, 4) is 17.6 Å². The van der Waals surface area contributed by atoms with Crippen LogP contribution in [-0.4, -0.2) is 18.8 Å². The maximum absolute atomic E-state index is 8.61. The van der Waals surface area contributed by atoms with E-state index in [2.05, 4.69) is 10.5 Å². The monoisotopic (exact) mass is 325 g/mol. The zero-order valence-corrected chi connectivity index (χ0v) is 13.3. The largest absolute Gasteiger partial charge is 0.493 e. The second-order valence-electron chi connectivity index (χ2n) is 4.77. The fourth-order valence-corrected chi connectivity index (χ4v) is 3.20. The lowest BCUT2D eigenvalue weighted by Crippen LogP contribution is -2.07. The highest BCUT2D eigenvalue weighted by molar-refractivity contribution is 8.14. The van der Waals surface area contributed by atoms with E-state index in [9.17, 15) is 0 Å². The molecule has 0 amide bonds. The standard InChI is InChI=1S/C17H15N3O2S/c1-21-15-11-13(7-8-14(15)22-10-9-18)17-20-19-16(23-17)12-5-3-2-4-6-12/h2-8,11,17,20H,10H2,1H3/t17-/m0/s1. The van der Waals surface area contributed by atoms with Crippen molar-refractivity contribution in [2.45, 2.75) is 5.37 Å². The van der Waals surface area contributed by atoms with Crippen LogP contribution in [0.3, 0.4) is 0 Å². The molecular weight excluding hydrogens is 310 g/mol. The Morgan fingerprint density at radius 1 is 1.22 bits per heavy atom. The van der Waals surface area contributed by atoms with Gasteiger partial charge in [-0.15, -0.1) is 0 Å². The summed E-state index contributed by atoms with van der Waals surface area (Å²) in [6, 6.07) is 17.7. The number of hydrazone groups is 1. The summed E-state index contributed by atoms with van der Waals surface area (Å²) in [6.07, 6.45) is 0. The zero-order chi connectivity index (χ0) is 16.1. The van der Waals surface area contributed by atoms with Gasteiger partial charge in [-0.25, -0.2) is 0 Å². The molecular formula is C17H15N3O2S. The third-order valence-electron chi connectivity index (χ3n) is 3.32. The molecule has 5 nitrogen and oxygen atoms in total. The van der Waals surface area contributed by atoms with E-state index in [-0.39, 0.29) is 12.0 Å². The van der Waals surface area contributed by atoms with E-state index in [4.69, 9.17) is 14.7 Å². The number of hydrogen-bond donors (Lipinski definition) is 1. The summed E-state index contributed by atoms with van der Waals surface area (Å²) in [4.78, 5) is 0. The molecule has 0 saturated heterocycles. The van der Waals surface area contributed by atoms with E-state index in [1.165, 1.54) is 0 Å². The smallest absolute Gasteiger partial charge is 0.174 e. The third-order valence-corrected chi connectivity index (χ3v) is 4.48. The summed E-state index contributed by atoms with van der Waals surface area (Å²) in [5.74, 6) is 1.17. The van der Waals surface area contributed by atoms with Gasteiger partial charge in [-0.2, -0.15) is 10.4 Å². The van der Waals surface area contributed by atoms with Crippen LogP contribution in [0, 0.1) is 11.3 Å². The molecule has 2 aromatic rings. The molecule has 0 spiro atoms. The molecule has 1 aliphatic rings. The first kappa shape index (κ1) is 15.3. The highest BCUT2D eigenvalue weighted by Gasteiger charge is 2.23. The SMILES string of the molecule is COc1cc([C@H]2NN=C(c3ccccc3)S2)ccc1OCC#N. The van der Waals surface area contributed by atoms with Gasteiger partial charge in [-0.3, -0.25) is 5.43 Å². The van der Waals surface area contributed by atoms with Crippen LogP contribution in [0.1, 0.15) is 16.5 Å². The lowest BCUT2D eigenvalue weighted by Gasteiger charge is -2.14. The van der Waals surface area contributed by atoms with Crippen molar-refractivity contribution in [2.24, 2.45) is 5.10 Å². The highest BCUT2D eigenvalue weighted by Crippen LogP contribution is 2.38. The van der Waals surface area contributed by atoms with Crippen LogP contribution >= 0.6 is 11.8 Å². The molecule has 1 N–H and O–H groups in total. The molecule has 23 heavy (non-hydrogen) atoms. The predicted molar refractivity (Wildman–Crippen MR) is 90.5 cm³/mol. The lowest BCUT2D eigenvalue weighted by atomic mass is 10.2. The van der Waals surface area contributed by atoms with E-state index in [1.54, 1.807) is 18.9 Å². The number of rotatable bonds is 5. The summed E-state index contributed by atoms with van der Waals surface area (Å²) in [7, 11) is 1.58. The van der Waals surface area contributed by atoms with Gasteiger partial charge < -0.3 is 9.47 Å². The van der Waals surface area contributed by atoms with E-state index < -0.39 is 0 Å². The van der Waals surface area contributed by atoms with E-state index >= 15 is 0 Å². The number of thioether (sulfide) groups is 1. The average Bonchev–Trinajstić information content (AvgIpc) is 3.10. The van der Waals surface area contributed by atoms with Crippen LogP contribution in [0.15, 0.2) is 53.6 Å². The molecule has 0 radical (unpaired) electrons. The Bertz CT molecular complexity index is 756.